The number of pyridine rings is 1. The zero-order valence-corrected chi connectivity index (χ0v) is 9.19. The lowest BCUT2D eigenvalue weighted by Crippen LogP contribution is -2.07. The number of alkyl halides is 3. The predicted molar refractivity (Wildman–Crippen MR) is 55.8 cm³/mol. The fourth-order valence-electron chi connectivity index (χ4n) is 0.853. The molecule has 0 unspecified atom stereocenters. The summed E-state index contributed by atoms with van der Waals surface area (Å²) in [4.78, 5) is 3.62. The summed E-state index contributed by atoms with van der Waals surface area (Å²) in [6.07, 6.45) is -3.55. The number of nitrogens with one attached hydrogen (secondary N) is 1. The summed E-state index contributed by atoms with van der Waals surface area (Å²) in [5.74, 6) is 0.378. The second-order valence-electron chi connectivity index (χ2n) is 2.80. The molecule has 0 atom stereocenters. The minimum atomic E-state index is -4.34. The van der Waals surface area contributed by atoms with Crippen LogP contribution in [0.4, 0.5) is 19.0 Å². The molecule has 0 saturated heterocycles. The molecule has 0 fully saturated rings. The van der Waals surface area contributed by atoms with Crippen LogP contribution in [0.5, 0.6) is 0 Å². The van der Waals surface area contributed by atoms with Crippen molar-refractivity contribution in [2.45, 2.75) is 6.18 Å². The third-order valence-electron chi connectivity index (χ3n) is 1.55. The maximum Gasteiger partial charge on any atom is 0.417 e. The Bertz CT molecular complexity index is 345. The SMILES string of the molecule is C=C(Br)CNc1ccc(C(F)(F)F)cn1. The summed E-state index contributed by atoms with van der Waals surface area (Å²) in [5, 5.41) is 2.80. The van der Waals surface area contributed by atoms with Crippen LogP contribution >= 0.6 is 15.9 Å². The van der Waals surface area contributed by atoms with E-state index >= 15 is 0 Å². The quantitative estimate of drug-likeness (QED) is 0.918. The van der Waals surface area contributed by atoms with E-state index in [1.807, 2.05) is 0 Å². The van der Waals surface area contributed by atoms with Gasteiger partial charge in [0.25, 0.3) is 0 Å². The number of aromatic nitrogens is 1. The monoisotopic (exact) mass is 280 g/mol. The normalized spacial score (nSPS) is 11.2. The van der Waals surface area contributed by atoms with Crippen LogP contribution in [0.3, 0.4) is 0 Å². The lowest BCUT2D eigenvalue weighted by atomic mass is 10.3. The molecule has 0 aliphatic carbocycles. The summed E-state index contributed by atoms with van der Waals surface area (Å²) >= 11 is 3.11. The zero-order valence-electron chi connectivity index (χ0n) is 7.61. The van der Waals surface area contributed by atoms with Gasteiger partial charge in [-0.15, -0.1) is 0 Å². The molecule has 1 rings (SSSR count). The van der Waals surface area contributed by atoms with Crippen LogP contribution in [0, 0.1) is 0 Å². The Labute approximate surface area is 93.3 Å². The van der Waals surface area contributed by atoms with Gasteiger partial charge in [0.05, 0.1) is 5.56 Å². The van der Waals surface area contributed by atoms with E-state index in [9.17, 15) is 13.2 Å². The summed E-state index contributed by atoms with van der Waals surface area (Å²) < 4.78 is 37.2. The van der Waals surface area contributed by atoms with Crippen molar-refractivity contribution in [2.75, 3.05) is 11.9 Å². The summed E-state index contributed by atoms with van der Waals surface area (Å²) in [5.41, 5.74) is -0.759. The lowest BCUT2D eigenvalue weighted by Gasteiger charge is -2.07. The fourth-order valence-corrected chi connectivity index (χ4v) is 0.993. The van der Waals surface area contributed by atoms with E-state index in [1.54, 1.807) is 0 Å². The average molecular weight is 281 g/mol. The number of hydrogen-bond donors (Lipinski definition) is 1. The van der Waals surface area contributed by atoms with Crippen LogP contribution in [0.15, 0.2) is 29.4 Å². The van der Waals surface area contributed by atoms with E-state index in [0.717, 1.165) is 12.3 Å². The first-order valence-corrected chi connectivity index (χ1v) is 4.79. The highest BCUT2D eigenvalue weighted by atomic mass is 79.9. The highest BCUT2D eigenvalue weighted by Crippen LogP contribution is 2.28. The molecule has 0 spiro atoms. The first-order valence-electron chi connectivity index (χ1n) is 4.00. The highest BCUT2D eigenvalue weighted by Gasteiger charge is 2.30. The average Bonchev–Trinajstić information content (AvgIpc) is 2.14. The molecule has 0 saturated carbocycles. The van der Waals surface area contributed by atoms with Crippen LogP contribution in [0.1, 0.15) is 5.56 Å². The molecule has 1 heterocycles. The Hall–Kier alpha value is -1.04. The molecule has 1 aromatic rings. The van der Waals surface area contributed by atoms with Crippen LogP contribution in [0.2, 0.25) is 0 Å². The van der Waals surface area contributed by atoms with Gasteiger partial charge in [-0.3, -0.25) is 0 Å². The zero-order chi connectivity index (χ0) is 11.5. The van der Waals surface area contributed by atoms with Crippen molar-refractivity contribution in [3.63, 3.8) is 0 Å². The second kappa shape index (κ2) is 4.65. The van der Waals surface area contributed by atoms with Crippen LogP contribution in [-0.2, 0) is 6.18 Å². The third kappa shape index (κ3) is 3.91. The van der Waals surface area contributed by atoms with Gasteiger partial charge in [0, 0.05) is 17.2 Å². The Kier molecular flexibility index (Phi) is 3.73. The highest BCUT2D eigenvalue weighted by molar-refractivity contribution is 9.11. The van der Waals surface area contributed by atoms with Crippen molar-refractivity contribution in [3.05, 3.63) is 35.0 Å². The Morgan fingerprint density at radius 2 is 2.13 bits per heavy atom. The third-order valence-corrected chi connectivity index (χ3v) is 1.83. The Morgan fingerprint density at radius 1 is 1.47 bits per heavy atom. The van der Waals surface area contributed by atoms with E-state index < -0.39 is 11.7 Å². The van der Waals surface area contributed by atoms with Gasteiger partial charge in [-0.1, -0.05) is 22.5 Å². The van der Waals surface area contributed by atoms with Crippen LogP contribution < -0.4 is 5.32 Å². The standard InChI is InChI=1S/C9H8BrF3N2/c1-6(10)4-14-8-3-2-7(5-15-8)9(11,12)13/h2-3,5H,1,4H2,(H,14,15). The number of anilines is 1. The molecule has 0 amide bonds. The first kappa shape index (κ1) is 12.0. The van der Waals surface area contributed by atoms with Gasteiger partial charge in [0.2, 0.25) is 0 Å². The van der Waals surface area contributed by atoms with Gasteiger partial charge < -0.3 is 5.32 Å². The second-order valence-corrected chi connectivity index (χ2v) is 3.92. The van der Waals surface area contributed by atoms with Gasteiger partial charge in [-0.05, 0) is 12.1 Å². The Morgan fingerprint density at radius 3 is 2.53 bits per heavy atom. The molecular formula is C9H8BrF3N2. The molecule has 0 aliphatic rings. The minimum absolute atomic E-state index is 0.378. The van der Waals surface area contributed by atoms with Gasteiger partial charge >= 0.3 is 6.18 Å². The van der Waals surface area contributed by atoms with Crippen LogP contribution in [-0.4, -0.2) is 11.5 Å². The molecule has 0 radical (unpaired) electrons. The van der Waals surface area contributed by atoms with E-state index in [4.69, 9.17) is 0 Å². The smallest absolute Gasteiger partial charge is 0.365 e. The lowest BCUT2D eigenvalue weighted by molar-refractivity contribution is -0.137. The van der Waals surface area contributed by atoms with Gasteiger partial charge in [0.15, 0.2) is 0 Å². The molecule has 1 N–H and O–H groups in total. The maximum absolute atomic E-state index is 12.2. The van der Waals surface area contributed by atoms with Crippen LogP contribution in [0.25, 0.3) is 0 Å². The van der Waals surface area contributed by atoms with Crippen molar-refractivity contribution in [2.24, 2.45) is 0 Å². The summed E-state index contributed by atoms with van der Waals surface area (Å²) in [7, 11) is 0. The largest absolute Gasteiger partial charge is 0.417 e. The molecule has 82 valence electrons. The summed E-state index contributed by atoms with van der Waals surface area (Å²) in [6.45, 7) is 3.99. The Balaban J connectivity index is 2.69. The number of halogens is 4. The molecule has 0 bridgehead atoms. The molecule has 0 aliphatic heterocycles. The van der Waals surface area contributed by atoms with Crippen molar-refractivity contribution >= 4 is 21.7 Å². The first-order chi connectivity index (χ1) is 6.89. The molecule has 15 heavy (non-hydrogen) atoms. The maximum atomic E-state index is 12.2. The molecule has 6 heteroatoms. The molecule has 2 nitrogen and oxygen atoms in total. The number of rotatable bonds is 3. The fraction of sp³-hybridized carbons (Fsp3) is 0.222. The van der Waals surface area contributed by atoms with E-state index in [1.165, 1.54) is 6.07 Å². The molecule has 1 aromatic heterocycles. The van der Waals surface area contributed by atoms with Crippen molar-refractivity contribution in [1.82, 2.24) is 4.98 Å². The van der Waals surface area contributed by atoms with Gasteiger partial charge in [-0.25, -0.2) is 4.98 Å². The van der Waals surface area contributed by atoms with Gasteiger partial charge in [0.1, 0.15) is 5.82 Å². The van der Waals surface area contributed by atoms with E-state index in [0.29, 0.717) is 16.8 Å². The molecule has 0 aromatic carbocycles. The van der Waals surface area contributed by atoms with Crippen molar-refractivity contribution < 1.29 is 13.2 Å². The molecular weight excluding hydrogens is 273 g/mol. The van der Waals surface area contributed by atoms with Gasteiger partial charge in [-0.2, -0.15) is 13.2 Å². The summed E-state index contributed by atoms with van der Waals surface area (Å²) in [6, 6.07) is 2.26. The number of nitrogens with zero attached hydrogens (tertiary/aromatic N) is 1. The topological polar surface area (TPSA) is 24.9 Å². The predicted octanol–water partition coefficient (Wildman–Crippen LogP) is 3.42. The van der Waals surface area contributed by atoms with Crippen molar-refractivity contribution in [1.29, 1.82) is 0 Å². The van der Waals surface area contributed by atoms with Crippen molar-refractivity contribution in [3.8, 4) is 0 Å². The minimum Gasteiger partial charge on any atom is -0.365 e. The number of hydrogen-bond acceptors (Lipinski definition) is 2. The van der Waals surface area contributed by atoms with E-state index in [2.05, 4.69) is 32.8 Å². The van der Waals surface area contributed by atoms with E-state index in [-0.39, 0.29) is 0 Å².